The van der Waals surface area contributed by atoms with E-state index < -0.39 is 12.0 Å². The summed E-state index contributed by atoms with van der Waals surface area (Å²) in [5.41, 5.74) is 2.16. The Morgan fingerprint density at radius 3 is 2.40 bits per heavy atom. The fraction of sp³-hybridized carbons (Fsp3) is 0.429. The van der Waals surface area contributed by atoms with E-state index in [0.717, 1.165) is 11.1 Å². The fourth-order valence-corrected chi connectivity index (χ4v) is 3.39. The van der Waals surface area contributed by atoms with Crippen LogP contribution in [0.25, 0.3) is 0 Å². The number of ether oxygens (including phenoxy) is 1. The van der Waals surface area contributed by atoms with E-state index in [1.165, 1.54) is 0 Å². The van der Waals surface area contributed by atoms with E-state index in [1.807, 2.05) is 48.5 Å². The zero-order valence-corrected chi connectivity index (χ0v) is 14.5. The predicted molar refractivity (Wildman–Crippen MR) is 95.6 cm³/mol. The summed E-state index contributed by atoms with van der Waals surface area (Å²) < 4.78 is 33.7. The topological polar surface area (TPSA) is 21.3 Å². The first-order valence-electron chi connectivity index (χ1n) is 8.88. The van der Waals surface area contributed by atoms with Crippen LogP contribution in [0.1, 0.15) is 43.4 Å². The van der Waals surface area contributed by atoms with Crippen molar-refractivity contribution in [2.24, 2.45) is 0 Å². The molecule has 25 heavy (non-hydrogen) atoms. The Balaban J connectivity index is 1.65. The van der Waals surface area contributed by atoms with Crippen molar-refractivity contribution in [2.45, 2.75) is 56.9 Å². The minimum absolute atomic E-state index is 0.0708. The summed E-state index contributed by atoms with van der Waals surface area (Å²) in [6.45, 7) is 2.43. The minimum atomic E-state index is -2.64. The average Bonchev–Trinajstić information content (AvgIpc) is 2.63. The molecule has 2 nitrogen and oxygen atoms in total. The number of alkyl halides is 2. The molecule has 1 aliphatic carbocycles. The van der Waals surface area contributed by atoms with Gasteiger partial charge in [-0.25, -0.2) is 8.78 Å². The molecule has 0 radical (unpaired) electrons. The fourth-order valence-electron chi connectivity index (χ4n) is 3.39. The van der Waals surface area contributed by atoms with E-state index in [-0.39, 0.29) is 24.9 Å². The first kappa shape index (κ1) is 18.0. The highest BCUT2D eigenvalue weighted by atomic mass is 19.3. The molecule has 0 aromatic heterocycles. The quantitative estimate of drug-likeness (QED) is 0.785. The van der Waals surface area contributed by atoms with Gasteiger partial charge in [-0.05, 0) is 24.5 Å². The molecule has 1 unspecified atom stereocenters. The molecule has 2 aromatic carbocycles. The summed E-state index contributed by atoms with van der Waals surface area (Å²) in [7, 11) is 0. The molecule has 1 aliphatic rings. The summed E-state index contributed by atoms with van der Waals surface area (Å²) in [6, 6.07) is 19.8. The van der Waals surface area contributed by atoms with Gasteiger partial charge in [0.05, 0.1) is 12.7 Å². The Labute approximate surface area is 148 Å². The van der Waals surface area contributed by atoms with Crippen molar-refractivity contribution in [1.29, 1.82) is 0 Å². The Hall–Kier alpha value is -1.78. The van der Waals surface area contributed by atoms with Gasteiger partial charge < -0.3 is 10.1 Å². The predicted octanol–water partition coefficient (Wildman–Crippen LogP) is 5.11. The van der Waals surface area contributed by atoms with Crippen molar-refractivity contribution < 1.29 is 13.5 Å². The number of hydrogen-bond donors (Lipinski definition) is 1. The highest BCUT2D eigenvalue weighted by Gasteiger charge is 2.42. The zero-order chi connectivity index (χ0) is 17.7. The second-order valence-electron chi connectivity index (χ2n) is 6.84. The van der Waals surface area contributed by atoms with Crippen LogP contribution in [0, 0.1) is 0 Å². The van der Waals surface area contributed by atoms with Gasteiger partial charge in [0.25, 0.3) is 5.92 Å². The van der Waals surface area contributed by atoms with Crippen molar-refractivity contribution in [3.05, 3.63) is 71.8 Å². The maximum Gasteiger partial charge on any atom is 0.250 e. The number of halogens is 2. The van der Waals surface area contributed by atoms with Crippen LogP contribution in [0.2, 0.25) is 0 Å². The van der Waals surface area contributed by atoms with Crippen molar-refractivity contribution in [1.82, 2.24) is 5.32 Å². The van der Waals surface area contributed by atoms with Crippen molar-refractivity contribution in [3.8, 4) is 0 Å². The molecule has 0 heterocycles. The molecule has 4 heteroatoms. The molecule has 2 aromatic rings. The molecular weight excluding hydrogens is 320 g/mol. The van der Waals surface area contributed by atoms with E-state index >= 15 is 0 Å². The van der Waals surface area contributed by atoms with E-state index in [0.29, 0.717) is 13.0 Å². The van der Waals surface area contributed by atoms with Gasteiger partial charge in [-0.1, -0.05) is 60.7 Å². The van der Waals surface area contributed by atoms with Crippen LogP contribution in [-0.4, -0.2) is 18.1 Å². The third-order valence-corrected chi connectivity index (χ3v) is 4.84. The van der Waals surface area contributed by atoms with Gasteiger partial charge in [-0.15, -0.1) is 0 Å². The largest absolute Gasteiger partial charge is 0.372 e. The van der Waals surface area contributed by atoms with Crippen LogP contribution in [-0.2, 0) is 11.3 Å². The number of rotatable bonds is 6. The zero-order valence-electron chi connectivity index (χ0n) is 14.5. The molecule has 0 amide bonds. The maximum atomic E-state index is 13.9. The third-order valence-electron chi connectivity index (χ3n) is 4.84. The lowest BCUT2D eigenvalue weighted by molar-refractivity contribution is -0.114. The van der Waals surface area contributed by atoms with Crippen molar-refractivity contribution in [2.75, 3.05) is 0 Å². The van der Waals surface area contributed by atoms with Crippen LogP contribution in [0.5, 0.6) is 0 Å². The lowest BCUT2D eigenvalue weighted by Gasteiger charge is -2.38. The third kappa shape index (κ3) is 5.10. The van der Waals surface area contributed by atoms with Gasteiger partial charge in [0, 0.05) is 24.9 Å². The normalized spacial score (nSPS) is 24.0. The van der Waals surface area contributed by atoms with Crippen molar-refractivity contribution in [3.63, 3.8) is 0 Å². The van der Waals surface area contributed by atoms with E-state index in [4.69, 9.17) is 4.74 Å². The lowest BCUT2D eigenvalue weighted by Crippen LogP contribution is -2.49. The Morgan fingerprint density at radius 2 is 1.72 bits per heavy atom. The molecule has 0 aliphatic heterocycles. The van der Waals surface area contributed by atoms with Crippen LogP contribution in [0.3, 0.4) is 0 Å². The summed E-state index contributed by atoms with van der Waals surface area (Å²) >= 11 is 0. The van der Waals surface area contributed by atoms with Gasteiger partial charge in [0.1, 0.15) is 0 Å². The number of nitrogens with one attached hydrogen (secondary N) is 1. The molecule has 3 rings (SSSR count). The Bertz CT molecular complexity index is 647. The summed E-state index contributed by atoms with van der Waals surface area (Å²) in [5.74, 6) is -2.64. The molecule has 1 fully saturated rings. The second kappa shape index (κ2) is 8.07. The maximum absolute atomic E-state index is 13.9. The first-order chi connectivity index (χ1) is 12.0. The van der Waals surface area contributed by atoms with Gasteiger partial charge in [-0.3, -0.25) is 0 Å². The van der Waals surface area contributed by atoms with Gasteiger partial charge in [0.15, 0.2) is 0 Å². The average molecular weight is 345 g/mol. The Morgan fingerprint density at radius 1 is 1.08 bits per heavy atom. The molecule has 0 spiro atoms. The highest BCUT2D eigenvalue weighted by molar-refractivity contribution is 5.18. The molecular formula is C21H25F2NO. The summed E-state index contributed by atoms with van der Waals surface area (Å²) in [6.07, 6.45) is -0.380. The molecule has 134 valence electrons. The minimum Gasteiger partial charge on any atom is -0.372 e. The summed E-state index contributed by atoms with van der Waals surface area (Å²) in [4.78, 5) is 0. The smallest absolute Gasteiger partial charge is 0.250 e. The van der Waals surface area contributed by atoms with E-state index in [2.05, 4.69) is 24.4 Å². The molecule has 0 bridgehead atoms. The summed E-state index contributed by atoms with van der Waals surface area (Å²) in [5, 5.41) is 3.50. The van der Waals surface area contributed by atoms with Gasteiger partial charge in [-0.2, -0.15) is 0 Å². The standard InChI is InChI=1S/C21H25F2NO/c1-16(18-10-6-3-7-11-18)24-19-12-13-21(22,23)14-20(19)25-15-17-8-4-2-5-9-17/h2-11,16,19-20,24H,12-15H2,1H3/t16-,19?,20+/m0/s1. The highest BCUT2D eigenvalue weighted by Crippen LogP contribution is 2.36. The van der Waals surface area contributed by atoms with Crippen molar-refractivity contribution >= 4 is 0 Å². The first-order valence-corrected chi connectivity index (χ1v) is 8.88. The SMILES string of the molecule is C[C@H](NC1CCC(F)(F)C[C@H]1OCc1ccccc1)c1ccccc1. The van der Waals surface area contributed by atoms with Gasteiger partial charge in [0.2, 0.25) is 0 Å². The van der Waals surface area contributed by atoms with Crippen LogP contribution >= 0.6 is 0 Å². The van der Waals surface area contributed by atoms with Gasteiger partial charge >= 0.3 is 0 Å². The molecule has 3 atom stereocenters. The monoisotopic (exact) mass is 345 g/mol. The van der Waals surface area contributed by atoms with E-state index in [1.54, 1.807) is 0 Å². The van der Waals surface area contributed by atoms with E-state index in [9.17, 15) is 8.78 Å². The lowest BCUT2D eigenvalue weighted by atomic mass is 9.88. The second-order valence-corrected chi connectivity index (χ2v) is 6.84. The molecule has 1 N–H and O–H groups in total. The van der Waals surface area contributed by atoms with Crippen LogP contribution < -0.4 is 5.32 Å². The van der Waals surface area contributed by atoms with Crippen LogP contribution in [0.4, 0.5) is 8.78 Å². The Kier molecular flexibility index (Phi) is 5.82. The number of benzene rings is 2. The molecule has 0 saturated heterocycles. The molecule has 1 saturated carbocycles. The van der Waals surface area contributed by atoms with Crippen LogP contribution in [0.15, 0.2) is 60.7 Å². The number of hydrogen-bond acceptors (Lipinski definition) is 2.